The summed E-state index contributed by atoms with van der Waals surface area (Å²) in [7, 11) is 0. The van der Waals surface area contributed by atoms with E-state index in [4.69, 9.17) is 0 Å². The molecule has 5 heterocycles. The Morgan fingerprint density at radius 2 is 1.66 bits per heavy atom. The van der Waals surface area contributed by atoms with Gasteiger partial charge in [-0.2, -0.15) is 5.10 Å². The van der Waals surface area contributed by atoms with E-state index in [-0.39, 0.29) is 11.8 Å². The molecule has 0 atom stereocenters. The summed E-state index contributed by atoms with van der Waals surface area (Å²) in [6.07, 6.45) is 4.97. The van der Waals surface area contributed by atoms with Crippen LogP contribution in [-0.4, -0.2) is 79.8 Å². The molecule has 3 aromatic heterocycles. The summed E-state index contributed by atoms with van der Waals surface area (Å²) in [6, 6.07) is 3.95. The van der Waals surface area contributed by atoms with E-state index < -0.39 is 0 Å². The maximum Gasteiger partial charge on any atom is 0.229 e. The molecule has 10 heteroatoms. The molecule has 0 saturated carbocycles. The molecule has 10 nitrogen and oxygen atoms in total. The van der Waals surface area contributed by atoms with Gasteiger partial charge in [0, 0.05) is 62.8 Å². The molecule has 5 rings (SSSR count). The van der Waals surface area contributed by atoms with Crippen molar-refractivity contribution in [3.63, 3.8) is 0 Å². The average molecular weight is 434 g/mol. The highest BCUT2D eigenvalue weighted by Gasteiger charge is 2.37. The van der Waals surface area contributed by atoms with Crippen molar-refractivity contribution in [1.29, 1.82) is 0 Å². The lowest BCUT2D eigenvalue weighted by atomic mass is 9.98. The van der Waals surface area contributed by atoms with Crippen LogP contribution in [-0.2, 0) is 4.79 Å². The predicted molar refractivity (Wildman–Crippen MR) is 120 cm³/mol. The topological polar surface area (TPSA) is 96.2 Å². The Morgan fingerprint density at radius 1 is 0.906 bits per heavy atom. The van der Waals surface area contributed by atoms with Gasteiger partial charge in [-0.15, -0.1) is 0 Å². The molecule has 2 aliphatic heterocycles. The zero-order valence-electron chi connectivity index (χ0n) is 18.6. The van der Waals surface area contributed by atoms with Crippen molar-refractivity contribution in [2.75, 3.05) is 49.1 Å². The van der Waals surface area contributed by atoms with Crippen LogP contribution < -0.4 is 9.80 Å². The molecule has 3 aromatic rings. The number of aromatic nitrogens is 6. The molecule has 2 fully saturated rings. The molecule has 2 aliphatic rings. The highest BCUT2D eigenvalue weighted by molar-refractivity contribution is 5.82. The Morgan fingerprint density at radius 3 is 2.34 bits per heavy atom. The van der Waals surface area contributed by atoms with Crippen LogP contribution in [0.2, 0.25) is 0 Å². The summed E-state index contributed by atoms with van der Waals surface area (Å²) in [6.45, 7) is 10.4. The van der Waals surface area contributed by atoms with Crippen LogP contribution >= 0.6 is 0 Å². The van der Waals surface area contributed by atoms with Crippen LogP contribution in [0.25, 0.3) is 5.82 Å². The molecular weight excluding hydrogens is 406 g/mol. The third kappa shape index (κ3) is 3.76. The van der Waals surface area contributed by atoms with E-state index in [1.54, 1.807) is 12.7 Å². The van der Waals surface area contributed by atoms with Crippen molar-refractivity contribution in [1.82, 2.24) is 34.6 Å². The normalized spacial score (nSPS) is 16.9. The predicted octanol–water partition coefficient (Wildman–Crippen LogP) is 1.16. The smallest absolute Gasteiger partial charge is 0.229 e. The van der Waals surface area contributed by atoms with Crippen LogP contribution in [0.15, 0.2) is 31.0 Å². The van der Waals surface area contributed by atoms with Crippen LogP contribution in [0.5, 0.6) is 0 Å². The number of aryl methyl sites for hydroxylation is 3. The largest absolute Gasteiger partial charge is 0.355 e. The monoisotopic (exact) mass is 433 g/mol. The number of amides is 1. The maximum absolute atomic E-state index is 13.0. The fourth-order valence-corrected chi connectivity index (χ4v) is 4.43. The van der Waals surface area contributed by atoms with Crippen molar-refractivity contribution in [3.8, 4) is 5.82 Å². The minimum absolute atomic E-state index is 0.00874. The number of hydrogen-bond acceptors (Lipinski definition) is 8. The summed E-state index contributed by atoms with van der Waals surface area (Å²) < 4.78 is 1.82. The minimum atomic E-state index is 0.00874. The molecule has 0 unspecified atom stereocenters. The summed E-state index contributed by atoms with van der Waals surface area (Å²) in [4.78, 5) is 36.6. The Balaban J connectivity index is 1.18. The van der Waals surface area contributed by atoms with Crippen molar-refractivity contribution >= 4 is 17.5 Å². The quantitative estimate of drug-likeness (QED) is 0.605. The Hall–Kier alpha value is -3.56. The molecule has 0 radical (unpaired) electrons. The number of piperazine rings is 1. The van der Waals surface area contributed by atoms with Crippen LogP contribution in [0, 0.1) is 26.7 Å². The number of carbonyl (C=O) groups is 1. The van der Waals surface area contributed by atoms with Gasteiger partial charge in [0.05, 0.1) is 11.6 Å². The number of rotatable bonds is 4. The van der Waals surface area contributed by atoms with Gasteiger partial charge in [-0.25, -0.2) is 24.6 Å². The van der Waals surface area contributed by atoms with Crippen molar-refractivity contribution in [2.24, 2.45) is 5.92 Å². The highest BCUT2D eigenvalue weighted by atomic mass is 16.2. The van der Waals surface area contributed by atoms with E-state index in [2.05, 4.69) is 34.8 Å². The van der Waals surface area contributed by atoms with Gasteiger partial charge in [-0.05, 0) is 26.8 Å². The van der Waals surface area contributed by atoms with Crippen LogP contribution in [0.1, 0.15) is 17.0 Å². The summed E-state index contributed by atoms with van der Waals surface area (Å²) in [5, 5.41) is 4.50. The minimum Gasteiger partial charge on any atom is -0.355 e. The zero-order valence-corrected chi connectivity index (χ0v) is 18.6. The van der Waals surface area contributed by atoms with Gasteiger partial charge in [0.15, 0.2) is 5.82 Å². The van der Waals surface area contributed by atoms with E-state index in [0.29, 0.717) is 26.2 Å². The van der Waals surface area contributed by atoms with Crippen LogP contribution in [0.4, 0.5) is 11.6 Å². The molecule has 0 aliphatic carbocycles. The average Bonchev–Trinajstić information content (AvgIpc) is 3.11. The number of carbonyl (C=O) groups excluding carboxylic acids is 1. The first kappa shape index (κ1) is 20.3. The highest BCUT2D eigenvalue weighted by Crippen LogP contribution is 2.26. The molecule has 32 heavy (non-hydrogen) atoms. The summed E-state index contributed by atoms with van der Waals surface area (Å²) >= 11 is 0. The molecule has 2 saturated heterocycles. The SMILES string of the molecule is Cc1cc(C)n(-c2cc(N3CC(C(=O)N4CCN(c5ncncc5C)CC4)C3)ncn2)n1. The Bertz CT molecular complexity index is 1130. The van der Waals surface area contributed by atoms with Gasteiger partial charge in [-0.3, -0.25) is 4.79 Å². The zero-order chi connectivity index (χ0) is 22.2. The van der Waals surface area contributed by atoms with E-state index in [9.17, 15) is 4.79 Å². The van der Waals surface area contributed by atoms with Gasteiger partial charge >= 0.3 is 0 Å². The van der Waals surface area contributed by atoms with E-state index in [1.807, 2.05) is 48.7 Å². The Kier molecular flexibility index (Phi) is 5.20. The molecule has 0 bridgehead atoms. The molecule has 1 amide bonds. The fourth-order valence-electron chi connectivity index (χ4n) is 4.43. The lowest BCUT2D eigenvalue weighted by Gasteiger charge is -2.43. The first-order valence-corrected chi connectivity index (χ1v) is 10.9. The lowest BCUT2D eigenvalue weighted by molar-refractivity contribution is -0.136. The van der Waals surface area contributed by atoms with Gasteiger partial charge in [0.2, 0.25) is 5.91 Å². The third-order valence-corrected chi connectivity index (χ3v) is 6.18. The lowest BCUT2D eigenvalue weighted by Crippen LogP contribution is -2.58. The molecule has 0 N–H and O–H groups in total. The molecular formula is C22H27N9O. The van der Waals surface area contributed by atoms with Crippen LogP contribution in [0.3, 0.4) is 0 Å². The van der Waals surface area contributed by atoms with Gasteiger partial charge in [-0.1, -0.05) is 0 Å². The standard InChI is InChI=1S/C22H27N9O/c1-15-10-23-13-26-21(15)28-4-6-29(7-5-28)22(32)18-11-30(12-18)19-9-20(25-14-24-19)31-17(3)8-16(2)27-31/h8-10,13-14,18H,4-7,11-12H2,1-3H3. The summed E-state index contributed by atoms with van der Waals surface area (Å²) in [5.41, 5.74) is 3.04. The van der Waals surface area contributed by atoms with Gasteiger partial charge in [0.25, 0.3) is 0 Å². The van der Waals surface area contributed by atoms with E-state index >= 15 is 0 Å². The third-order valence-electron chi connectivity index (χ3n) is 6.18. The van der Waals surface area contributed by atoms with E-state index in [1.165, 1.54) is 0 Å². The van der Waals surface area contributed by atoms with Crippen molar-refractivity contribution < 1.29 is 4.79 Å². The first-order valence-electron chi connectivity index (χ1n) is 10.9. The number of nitrogens with zero attached hydrogens (tertiary/aromatic N) is 9. The van der Waals surface area contributed by atoms with Crippen molar-refractivity contribution in [3.05, 3.63) is 47.9 Å². The molecule has 0 spiro atoms. The number of anilines is 2. The summed E-state index contributed by atoms with van der Waals surface area (Å²) in [5.74, 6) is 2.77. The fraction of sp³-hybridized carbons (Fsp3) is 0.455. The van der Waals surface area contributed by atoms with Gasteiger partial charge < -0.3 is 14.7 Å². The second-order valence-corrected chi connectivity index (χ2v) is 8.52. The van der Waals surface area contributed by atoms with E-state index in [0.717, 1.165) is 47.5 Å². The van der Waals surface area contributed by atoms with Gasteiger partial charge in [0.1, 0.15) is 24.3 Å². The molecule has 166 valence electrons. The second-order valence-electron chi connectivity index (χ2n) is 8.52. The maximum atomic E-state index is 13.0. The molecule has 0 aromatic carbocycles. The Labute approximate surface area is 186 Å². The second kappa shape index (κ2) is 8.18. The number of hydrogen-bond donors (Lipinski definition) is 0. The van der Waals surface area contributed by atoms with Crippen molar-refractivity contribution in [2.45, 2.75) is 20.8 Å². The first-order chi connectivity index (χ1) is 15.5.